The highest BCUT2D eigenvalue weighted by atomic mass is 32.2. The van der Waals surface area contributed by atoms with Crippen molar-refractivity contribution in [1.29, 1.82) is 0 Å². The first-order valence-corrected chi connectivity index (χ1v) is 11.2. The fraction of sp³-hybridized carbons (Fsp3) is 0.273. The van der Waals surface area contributed by atoms with Crippen LogP contribution in [-0.4, -0.2) is 23.2 Å². The molecule has 28 heavy (non-hydrogen) atoms. The molecule has 1 heterocycles. The van der Waals surface area contributed by atoms with E-state index in [1.807, 2.05) is 6.20 Å². The maximum absolute atomic E-state index is 12.9. The standard InChI is InChI=1S/C22H23FN2OS2/c1-2-16-3-7-18(8-4-16)22-25-13-20(28-22)14-27-15-21(26)24-12-11-17-5-9-19(23)10-6-17/h3-10,13H,2,11-12,14-15H2,1H3,(H,24,26). The molecule has 0 saturated heterocycles. The molecule has 0 aliphatic carbocycles. The molecule has 0 unspecified atom stereocenters. The molecule has 0 atom stereocenters. The van der Waals surface area contributed by atoms with Gasteiger partial charge in [0.05, 0.1) is 5.75 Å². The first-order valence-electron chi connectivity index (χ1n) is 9.27. The molecule has 0 bridgehead atoms. The molecule has 0 aliphatic heterocycles. The lowest BCUT2D eigenvalue weighted by molar-refractivity contribution is -0.118. The lowest BCUT2D eigenvalue weighted by Gasteiger charge is -2.05. The molecule has 1 amide bonds. The molecule has 6 heteroatoms. The highest BCUT2D eigenvalue weighted by Gasteiger charge is 2.07. The molecule has 0 fully saturated rings. The zero-order chi connectivity index (χ0) is 19.8. The summed E-state index contributed by atoms with van der Waals surface area (Å²) in [5.74, 6) is 0.971. The SMILES string of the molecule is CCc1ccc(-c2ncc(CSCC(=O)NCCc3ccc(F)cc3)s2)cc1. The molecular weight excluding hydrogens is 391 g/mol. The number of carbonyl (C=O) groups excluding carboxylic acids is 1. The fourth-order valence-corrected chi connectivity index (χ4v) is 4.55. The molecule has 3 nitrogen and oxygen atoms in total. The van der Waals surface area contributed by atoms with Crippen LogP contribution in [-0.2, 0) is 23.4 Å². The first-order chi connectivity index (χ1) is 13.6. The number of hydrogen-bond acceptors (Lipinski definition) is 4. The molecule has 3 aromatic rings. The number of aromatic nitrogens is 1. The zero-order valence-electron chi connectivity index (χ0n) is 15.8. The number of thioether (sulfide) groups is 1. The van der Waals surface area contributed by atoms with Crippen molar-refractivity contribution in [1.82, 2.24) is 10.3 Å². The van der Waals surface area contributed by atoms with Crippen molar-refractivity contribution in [2.45, 2.75) is 25.5 Å². The summed E-state index contributed by atoms with van der Waals surface area (Å²) >= 11 is 3.26. The van der Waals surface area contributed by atoms with Crippen LogP contribution in [0.5, 0.6) is 0 Å². The van der Waals surface area contributed by atoms with E-state index in [0.29, 0.717) is 18.7 Å². The lowest BCUT2D eigenvalue weighted by Crippen LogP contribution is -2.27. The summed E-state index contributed by atoms with van der Waals surface area (Å²) < 4.78 is 12.9. The van der Waals surface area contributed by atoms with Crippen LogP contribution in [0.15, 0.2) is 54.7 Å². The summed E-state index contributed by atoms with van der Waals surface area (Å²) in [5, 5.41) is 3.92. The van der Waals surface area contributed by atoms with Crippen molar-refractivity contribution in [2.75, 3.05) is 12.3 Å². The molecule has 2 aromatic carbocycles. The summed E-state index contributed by atoms with van der Waals surface area (Å²) in [6, 6.07) is 14.9. The van der Waals surface area contributed by atoms with E-state index in [0.717, 1.165) is 28.3 Å². The van der Waals surface area contributed by atoms with Gasteiger partial charge in [0.2, 0.25) is 5.91 Å². The molecular formula is C22H23FN2OS2. The third kappa shape index (κ3) is 6.17. The largest absolute Gasteiger partial charge is 0.355 e. The minimum atomic E-state index is -0.242. The van der Waals surface area contributed by atoms with E-state index in [9.17, 15) is 9.18 Å². The maximum Gasteiger partial charge on any atom is 0.230 e. The van der Waals surface area contributed by atoms with Crippen LogP contribution in [0.4, 0.5) is 4.39 Å². The molecule has 1 aromatic heterocycles. The second kappa shape index (κ2) is 10.4. The number of amides is 1. The van der Waals surface area contributed by atoms with E-state index in [1.54, 1.807) is 35.2 Å². The van der Waals surface area contributed by atoms with E-state index in [4.69, 9.17) is 0 Å². The summed E-state index contributed by atoms with van der Waals surface area (Å²) in [6.45, 7) is 2.70. The fourth-order valence-electron chi connectivity index (χ4n) is 2.68. The molecule has 1 N–H and O–H groups in total. The number of halogens is 1. The van der Waals surface area contributed by atoms with Gasteiger partial charge in [0.25, 0.3) is 0 Å². The van der Waals surface area contributed by atoms with Crippen LogP contribution in [0.3, 0.4) is 0 Å². The minimum absolute atomic E-state index is 0.0204. The van der Waals surface area contributed by atoms with Gasteiger partial charge in [-0.05, 0) is 36.1 Å². The van der Waals surface area contributed by atoms with Crippen molar-refractivity contribution in [3.8, 4) is 10.6 Å². The molecule has 0 saturated carbocycles. The Morgan fingerprint density at radius 3 is 2.54 bits per heavy atom. The van der Waals surface area contributed by atoms with Gasteiger partial charge < -0.3 is 5.32 Å². The Balaban J connectivity index is 1.38. The van der Waals surface area contributed by atoms with Crippen LogP contribution in [0.1, 0.15) is 22.9 Å². The average molecular weight is 415 g/mol. The Bertz CT molecular complexity index is 892. The Morgan fingerprint density at radius 2 is 1.82 bits per heavy atom. The van der Waals surface area contributed by atoms with Crippen LogP contribution in [0.25, 0.3) is 10.6 Å². The van der Waals surface area contributed by atoms with Gasteiger partial charge in [-0.25, -0.2) is 9.37 Å². The highest BCUT2D eigenvalue weighted by molar-refractivity contribution is 7.99. The number of thiazole rings is 1. The Labute approximate surface area is 173 Å². The average Bonchev–Trinajstić information content (AvgIpc) is 3.18. The van der Waals surface area contributed by atoms with Crippen molar-refractivity contribution in [3.05, 3.63) is 76.5 Å². The van der Waals surface area contributed by atoms with Crippen molar-refractivity contribution >= 4 is 29.0 Å². The van der Waals surface area contributed by atoms with Crippen molar-refractivity contribution in [2.24, 2.45) is 0 Å². The highest BCUT2D eigenvalue weighted by Crippen LogP contribution is 2.27. The van der Waals surface area contributed by atoms with E-state index >= 15 is 0 Å². The van der Waals surface area contributed by atoms with E-state index in [-0.39, 0.29) is 11.7 Å². The third-order valence-corrected chi connectivity index (χ3v) is 6.50. The van der Waals surface area contributed by atoms with Crippen LogP contribution < -0.4 is 5.32 Å². The van der Waals surface area contributed by atoms with Gasteiger partial charge in [0.1, 0.15) is 10.8 Å². The van der Waals surface area contributed by atoms with Gasteiger partial charge in [-0.2, -0.15) is 0 Å². The molecule has 0 radical (unpaired) electrons. The number of carbonyl (C=O) groups is 1. The first kappa shape index (κ1) is 20.6. The summed E-state index contributed by atoms with van der Waals surface area (Å²) in [4.78, 5) is 17.6. The maximum atomic E-state index is 12.9. The predicted octanol–water partition coefficient (Wildman–Crippen LogP) is 5.10. The molecule has 0 spiro atoms. The molecule has 0 aliphatic rings. The topological polar surface area (TPSA) is 42.0 Å². The van der Waals surface area contributed by atoms with Gasteiger partial charge in [0, 0.05) is 28.9 Å². The second-order valence-electron chi connectivity index (χ2n) is 6.40. The minimum Gasteiger partial charge on any atom is -0.355 e. The number of nitrogens with zero attached hydrogens (tertiary/aromatic N) is 1. The summed E-state index contributed by atoms with van der Waals surface area (Å²) in [7, 11) is 0. The third-order valence-electron chi connectivity index (χ3n) is 4.29. The Morgan fingerprint density at radius 1 is 1.11 bits per heavy atom. The number of hydrogen-bond donors (Lipinski definition) is 1. The van der Waals surface area contributed by atoms with Gasteiger partial charge >= 0.3 is 0 Å². The molecule has 3 rings (SSSR count). The van der Waals surface area contributed by atoms with Gasteiger partial charge in [0.15, 0.2) is 0 Å². The Hall–Kier alpha value is -2.18. The van der Waals surface area contributed by atoms with E-state index in [1.165, 1.54) is 22.6 Å². The lowest BCUT2D eigenvalue weighted by atomic mass is 10.1. The Kier molecular flexibility index (Phi) is 7.62. The van der Waals surface area contributed by atoms with Crippen molar-refractivity contribution < 1.29 is 9.18 Å². The monoisotopic (exact) mass is 414 g/mol. The van der Waals surface area contributed by atoms with Crippen LogP contribution >= 0.6 is 23.1 Å². The van der Waals surface area contributed by atoms with Gasteiger partial charge in [-0.3, -0.25) is 4.79 Å². The summed E-state index contributed by atoms with van der Waals surface area (Å²) in [5.41, 5.74) is 3.47. The predicted molar refractivity (Wildman–Crippen MR) is 116 cm³/mol. The second-order valence-corrected chi connectivity index (χ2v) is 8.50. The van der Waals surface area contributed by atoms with Gasteiger partial charge in [-0.1, -0.05) is 43.3 Å². The van der Waals surface area contributed by atoms with Crippen molar-refractivity contribution in [3.63, 3.8) is 0 Å². The number of nitrogens with one attached hydrogen (secondary N) is 1. The quantitative estimate of drug-likeness (QED) is 0.529. The number of rotatable bonds is 9. The van der Waals surface area contributed by atoms with Gasteiger partial charge in [-0.15, -0.1) is 23.1 Å². The smallest absolute Gasteiger partial charge is 0.230 e. The van der Waals surface area contributed by atoms with E-state index < -0.39 is 0 Å². The molecule has 146 valence electrons. The number of aryl methyl sites for hydroxylation is 1. The number of benzene rings is 2. The summed E-state index contributed by atoms with van der Waals surface area (Å²) in [6.07, 6.45) is 3.63. The van der Waals surface area contributed by atoms with Crippen LogP contribution in [0, 0.1) is 5.82 Å². The normalized spacial score (nSPS) is 10.8. The zero-order valence-corrected chi connectivity index (χ0v) is 17.4. The van der Waals surface area contributed by atoms with E-state index in [2.05, 4.69) is 41.5 Å². The van der Waals surface area contributed by atoms with Crippen LogP contribution in [0.2, 0.25) is 0 Å².